The van der Waals surface area contributed by atoms with E-state index in [-0.39, 0.29) is 6.04 Å². The predicted octanol–water partition coefficient (Wildman–Crippen LogP) is 4.06. The third-order valence-electron chi connectivity index (χ3n) is 5.12. The summed E-state index contributed by atoms with van der Waals surface area (Å²) < 4.78 is 0. The first kappa shape index (κ1) is 17.1. The van der Waals surface area contributed by atoms with Crippen molar-refractivity contribution in [2.45, 2.75) is 88.5 Å². The summed E-state index contributed by atoms with van der Waals surface area (Å²) in [5.74, 6) is 0.791. The van der Waals surface area contributed by atoms with Crippen molar-refractivity contribution in [1.82, 2.24) is 5.32 Å². The van der Waals surface area contributed by atoms with Crippen LogP contribution in [0.25, 0.3) is 0 Å². The van der Waals surface area contributed by atoms with Crippen LogP contribution in [0.5, 0.6) is 0 Å². The number of aliphatic carboxylic acids is 1. The molecule has 2 atom stereocenters. The first-order chi connectivity index (χ1) is 10.0. The van der Waals surface area contributed by atoms with Gasteiger partial charge in [0, 0.05) is 11.3 Å². The summed E-state index contributed by atoms with van der Waals surface area (Å²) in [4.78, 5) is 11.9. The fourth-order valence-corrected chi connectivity index (χ4v) is 5.55. The molecule has 0 heterocycles. The Balaban J connectivity index is 1.86. The van der Waals surface area contributed by atoms with Crippen molar-refractivity contribution >= 4 is 17.7 Å². The molecule has 0 radical (unpaired) electrons. The van der Waals surface area contributed by atoms with E-state index < -0.39 is 11.5 Å². The third kappa shape index (κ3) is 4.38. The Morgan fingerprint density at radius 3 is 2.57 bits per heavy atom. The molecule has 2 aliphatic carbocycles. The zero-order valence-corrected chi connectivity index (χ0v) is 14.4. The molecule has 0 spiro atoms. The highest BCUT2D eigenvalue weighted by molar-refractivity contribution is 7.99. The van der Waals surface area contributed by atoms with Crippen molar-refractivity contribution < 1.29 is 9.90 Å². The van der Waals surface area contributed by atoms with E-state index in [1.165, 1.54) is 32.1 Å². The zero-order chi connectivity index (χ0) is 15.3. The van der Waals surface area contributed by atoms with Crippen LogP contribution in [0.15, 0.2) is 0 Å². The summed E-state index contributed by atoms with van der Waals surface area (Å²) in [5.41, 5.74) is -0.665. The van der Waals surface area contributed by atoms with Gasteiger partial charge < -0.3 is 5.11 Å². The van der Waals surface area contributed by atoms with Crippen molar-refractivity contribution in [2.75, 3.05) is 5.75 Å². The largest absolute Gasteiger partial charge is 0.480 e. The standard InChI is InChI=1S/C17H31NO2S/c1-13(2)18-17(16(19)20)11-6-7-14(17)10-12-21-15-8-4-3-5-9-15/h13-15,18H,3-12H2,1-2H3,(H,19,20). The van der Waals surface area contributed by atoms with E-state index in [9.17, 15) is 9.90 Å². The lowest BCUT2D eigenvalue weighted by Gasteiger charge is -2.34. The number of thioether (sulfide) groups is 1. The molecule has 2 fully saturated rings. The molecule has 2 rings (SSSR count). The number of carbonyl (C=O) groups is 1. The second-order valence-corrected chi connectivity index (χ2v) is 8.49. The Labute approximate surface area is 133 Å². The molecule has 0 saturated heterocycles. The lowest BCUT2D eigenvalue weighted by Crippen LogP contribution is -2.57. The maximum atomic E-state index is 11.9. The molecule has 0 bridgehead atoms. The lowest BCUT2D eigenvalue weighted by atomic mass is 9.84. The Morgan fingerprint density at radius 1 is 1.24 bits per heavy atom. The van der Waals surface area contributed by atoms with Gasteiger partial charge in [0.2, 0.25) is 0 Å². The van der Waals surface area contributed by atoms with Crippen molar-refractivity contribution in [2.24, 2.45) is 5.92 Å². The number of rotatable bonds is 7. The van der Waals surface area contributed by atoms with E-state index in [0.29, 0.717) is 5.92 Å². The van der Waals surface area contributed by atoms with Crippen LogP contribution in [0.1, 0.15) is 71.6 Å². The quantitative estimate of drug-likeness (QED) is 0.744. The van der Waals surface area contributed by atoms with Crippen molar-refractivity contribution in [1.29, 1.82) is 0 Å². The summed E-state index contributed by atoms with van der Waals surface area (Å²) in [7, 11) is 0. The molecular formula is C17H31NO2S. The third-order valence-corrected chi connectivity index (χ3v) is 6.53. The number of carboxylic acid groups (broad SMARTS) is 1. The van der Waals surface area contributed by atoms with Crippen LogP contribution in [-0.4, -0.2) is 33.7 Å². The molecule has 2 unspecified atom stereocenters. The Kier molecular flexibility index (Phi) is 6.42. The van der Waals surface area contributed by atoms with Crippen LogP contribution in [-0.2, 0) is 4.79 Å². The van der Waals surface area contributed by atoms with E-state index in [1.807, 2.05) is 0 Å². The number of carboxylic acids is 1. The minimum Gasteiger partial charge on any atom is -0.480 e. The number of hydrogen-bond donors (Lipinski definition) is 2. The molecule has 2 saturated carbocycles. The van der Waals surface area contributed by atoms with Crippen molar-refractivity contribution in [3.05, 3.63) is 0 Å². The summed E-state index contributed by atoms with van der Waals surface area (Å²) in [6.07, 6.45) is 10.9. The second kappa shape index (κ2) is 7.87. The van der Waals surface area contributed by atoms with Crippen molar-refractivity contribution in [3.63, 3.8) is 0 Å². The van der Waals surface area contributed by atoms with Gasteiger partial charge in [-0.05, 0) is 57.6 Å². The SMILES string of the molecule is CC(C)NC1(C(=O)O)CCCC1CCSC1CCCCC1. The van der Waals surface area contributed by atoms with E-state index in [1.54, 1.807) is 0 Å². The Bertz CT molecular complexity index is 342. The minimum absolute atomic E-state index is 0.229. The average molecular weight is 314 g/mol. The summed E-state index contributed by atoms with van der Waals surface area (Å²) in [6.45, 7) is 4.10. The first-order valence-electron chi connectivity index (χ1n) is 8.67. The van der Waals surface area contributed by atoms with Gasteiger partial charge in [-0.1, -0.05) is 25.7 Å². The number of hydrogen-bond acceptors (Lipinski definition) is 3. The molecule has 0 aromatic carbocycles. The van der Waals surface area contributed by atoms with Gasteiger partial charge in [-0.25, -0.2) is 0 Å². The number of nitrogens with one attached hydrogen (secondary N) is 1. The molecule has 2 aliphatic rings. The fourth-order valence-electron chi connectivity index (χ4n) is 4.13. The molecule has 122 valence electrons. The molecule has 4 heteroatoms. The maximum Gasteiger partial charge on any atom is 0.324 e. The molecule has 21 heavy (non-hydrogen) atoms. The van der Waals surface area contributed by atoms with Gasteiger partial charge in [0.05, 0.1) is 0 Å². The van der Waals surface area contributed by atoms with Crippen LogP contribution >= 0.6 is 11.8 Å². The highest BCUT2D eigenvalue weighted by Crippen LogP contribution is 2.40. The van der Waals surface area contributed by atoms with E-state index in [4.69, 9.17) is 0 Å². The summed E-state index contributed by atoms with van der Waals surface area (Å²) in [6, 6.07) is 0.229. The minimum atomic E-state index is -0.665. The molecule has 0 aliphatic heterocycles. The summed E-state index contributed by atoms with van der Waals surface area (Å²) in [5, 5.41) is 14.0. The Morgan fingerprint density at radius 2 is 1.95 bits per heavy atom. The lowest BCUT2D eigenvalue weighted by molar-refractivity contribution is -0.147. The maximum absolute atomic E-state index is 11.9. The second-order valence-electron chi connectivity index (χ2n) is 7.08. The zero-order valence-electron chi connectivity index (χ0n) is 13.6. The van der Waals surface area contributed by atoms with Crippen LogP contribution in [0, 0.1) is 5.92 Å². The van der Waals surface area contributed by atoms with Gasteiger partial charge in [0.1, 0.15) is 5.54 Å². The molecule has 0 amide bonds. The van der Waals surface area contributed by atoms with E-state index in [0.717, 1.165) is 36.7 Å². The van der Waals surface area contributed by atoms with Gasteiger partial charge >= 0.3 is 5.97 Å². The Hall–Kier alpha value is -0.220. The van der Waals surface area contributed by atoms with Crippen LogP contribution in [0.4, 0.5) is 0 Å². The van der Waals surface area contributed by atoms with Gasteiger partial charge in [0.15, 0.2) is 0 Å². The predicted molar refractivity (Wildman–Crippen MR) is 89.9 cm³/mol. The highest BCUT2D eigenvalue weighted by Gasteiger charge is 2.48. The highest BCUT2D eigenvalue weighted by atomic mass is 32.2. The molecule has 0 aromatic rings. The van der Waals surface area contributed by atoms with E-state index in [2.05, 4.69) is 30.9 Å². The first-order valence-corrected chi connectivity index (χ1v) is 9.72. The summed E-state index contributed by atoms with van der Waals surface area (Å²) >= 11 is 2.09. The van der Waals surface area contributed by atoms with Crippen LogP contribution < -0.4 is 5.32 Å². The van der Waals surface area contributed by atoms with E-state index >= 15 is 0 Å². The topological polar surface area (TPSA) is 49.3 Å². The molecular weight excluding hydrogens is 282 g/mol. The smallest absolute Gasteiger partial charge is 0.324 e. The molecule has 0 aromatic heterocycles. The van der Waals surface area contributed by atoms with Crippen LogP contribution in [0.2, 0.25) is 0 Å². The molecule has 3 nitrogen and oxygen atoms in total. The fraction of sp³-hybridized carbons (Fsp3) is 0.941. The molecule has 2 N–H and O–H groups in total. The normalized spacial score (nSPS) is 30.9. The average Bonchev–Trinajstić information content (AvgIpc) is 2.83. The van der Waals surface area contributed by atoms with Gasteiger partial charge in [-0.15, -0.1) is 0 Å². The van der Waals surface area contributed by atoms with Crippen molar-refractivity contribution in [3.8, 4) is 0 Å². The monoisotopic (exact) mass is 313 g/mol. The van der Waals surface area contributed by atoms with Gasteiger partial charge in [-0.3, -0.25) is 10.1 Å². The van der Waals surface area contributed by atoms with Gasteiger partial charge in [0.25, 0.3) is 0 Å². The van der Waals surface area contributed by atoms with Gasteiger partial charge in [-0.2, -0.15) is 11.8 Å². The van der Waals surface area contributed by atoms with Crippen LogP contribution in [0.3, 0.4) is 0 Å².